The van der Waals surface area contributed by atoms with Crippen LogP contribution < -0.4 is 24.5 Å². The second kappa shape index (κ2) is 11.0. The molecule has 3 aromatic rings. The third kappa shape index (κ3) is 6.11. The Kier molecular flexibility index (Phi) is 8.07. The number of hydrogen-bond acceptors (Lipinski definition) is 7. The third-order valence-corrected chi connectivity index (χ3v) is 6.23. The maximum Gasteiger partial charge on any atom is 0.253 e. The lowest BCUT2D eigenvalue weighted by atomic mass is 10.1. The van der Waals surface area contributed by atoms with E-state index in [0.717, 1.165) is 5.56 Å². The van der Waals surface area contributed by atoms with E-state index in [1.54, 1.807) is 38.3 Å². The van der Waals surface area contributed by atoms with E-state index >= 15 is 0 Å². The molecule has 2 aromatic carbocycles. The fourth-order valence-corrected chi connectivity index (χ4v) is 4.27. The van der Waals surface area contributed by atoms with Gasteiger partial charge in [-0.05, 0) is 50.2 Å². The molecule has 1 aromatic heterocycles. The summed E-state index contributed by atoms with van der Waals surface area (Å²) in [6.07, 6.45) is 1.40. The first-order valence-electron chi connectivity index (χ1n) is 10.5. The van der Waals surface area contributed by atoms with Gasteiger partial charge < -0.3 is 14.2 Å². The van der Waals surface area contributed by atoms with Crippen LogP contribution in [-0.2, 0) is 16.6 Å². The van der Waals surface area contributed by atoms with E-state index in [2.05, 4.69) is 9.71 Å². The quantitative estimate of drug-likeness (QED) is 0.456. The van der Waals surface area contributed by atoms with E-state index in [-0.39, 0.29) is 29.3 Å². The summed E-state index contributed by atoms with van der Waals surface area (Å²) in [5.41, 5.74) is 1.01. The van der Waals surface area contributed by atoms with Gasteiger partial charge in [0.2, 0.25) is 10.0 Å². The van der Waals surface area contributed by atoms with Crippen molar-refractivity contribution < 1.29 is 22.6 Å². The lowest BCUT2D eigenvalue weighted by molar-refractivity contribution is 0.317. The van der Waals surface area contributed by atoms with Crippen LogP contribution in [0.4, 0.5) is 0 Å². The summed E-state index contributed by atoms with van der Waals surface area (Å²) in [6, 6.07) is 13.2. The van der Waals surface area contributed by atoms with Crippen molar-refractivity contribution in [3.05, 3.63) is 65.2 Å². The van der Waals surface area contributed by atoms with E-state index < -0.39 is 10.0 Å². The summed E-state index contributed by atoms with van der Waals surface area (Å²) in [7, 11) is -2.28. The van der Waals surface area contributed by atoms with E-state index in [9.17, 15) is 13.2 Å². The van der Waals surface area contributed by atoms with Crippen LogP contribution in [0.1, 0.15) is 13.8 Å². The Morgan fingerprint density at radius 2 is 1.67 bits per heavy atom. The zero-order valence-electron chi connectivity index (χ0n) is 18.8. The molecule has 0 radical (unpaired) electrons. The highest BCUT2D eigenvalue weighted by atomic mass is 32.2. The molecule has 0 bridgehead atoms. The first-order valence-corrected chi connectivity index (χ1v) is 12.0. The van der Waals surface area contributed by atoms with Gasteiger partial charge >= 0.3 is 0 Å². The SMILES string of the molecule is CCOc1ccc(S(=O)(=O)NCCn2cnc(-c3ccc(OC)cc3)cc2=O)c(OCC)c1. The number of methoxy groups -OCH3 is 1. The highest BCUT2D eigenvalue weighted by Gasteiger charge is 2.20. The molecule has 1 heterocycles. The summed E-state index contributed by atoms with van der Waals surface area (Å²) in [5, 5.41) is 0. The van der Waals surface area contributed by atoms with Crippen molar-refractivity contribution in [3.8, 4) is 28.5 Å². The average Bonchev–Trinajstić information content (AvgIpc) is 2.80. The maximum atomic E-state index is 12.8. The third-order valence-electron chi connectivity index (χ3n) is 4.73. The molecule has 0 saturated carbocycles. The number of nitrogens with one attached hydrogen (secondary N) is 1. The van der Waals surface area contributed by atoms with Crippen molar-refractivity contribution in [2.75, 3.05) is 26.9 Å². The number of nitrogens with zero attached hydrogens (tertiary/aromatic N) is 2. The van der Waals surface area contributed by atoms with Gasteiger partial charge in [0.25, 0.3) is 5.56 Å². The van der Waals surface area contributed by atoms with Gasteiger partial charge in [-0.3, -0.25) is 9.36 Å². The van der Waals surface area contributed by atoms with Crippen LogP contribution in [0.25, 0.3) is 11.3 Å². The van der Waals surface area contributed by atoms with E-state index in [4.69, 9.17) is 14.2 Å². The highest BCUT2D eigenvalue weighted by molar-refractivity contribution is 7.89. The molecule has 10 heteroatoms. The molecular weight excluding hydrogens is 446 g/mol. The van der Waals surface area contributed by atoms with E-state index in [1.807, 2.05) is 19.1 Å². The lowest BCUT2D eigenvalue weighted by Gasteiger charge is -2.14. The Balaban J connectivity index is 1.69. The van der Waals surface area contributed by atoms with Crippen molar-refractivity contribution in [3.63, 3.8) is 0 Å². The first-order chi connectivity index (χ1) is 15.9. The van der Waals surface area contributed by atoms with Crippen LogP contribution in [0.15, 0.2) is 64.5 Å². The average molecular weight is 474 g/mol. The predicted molar refractivity (Wildman–Crippen MR) is 124 cm³/mol. The standard InChI is InChI=1S/C23H27N3O6S/c1-4-31-19-10-11-22(21(14-19)32-5-2)33(28,29)25-12-13-26-16-24-20(15-23(26)27)17-6-8-18(30-3)9-7-17/h6-11,14-16,25H,4-5,12-13H2,1-3H3. The molecular formula is C23H27N3O6S. The molecule has 0 spiro atoms. The molecule has 0 aliphatic rings. The minimum atomic E-state index is -3.86. The van der Waals surface area contributed by atoms with Crippen molar-refractivity contribution in [1.82, 2.24) is 14.3 Å². The molecule has 0 amide bonds. The van der Waals surface area contributed by atoms with Crippen LogP contribution in [-0.4, -0.2) is 44.8 Å². The number of hydrogen-bond donors (Lipinski definition) is 1. The number of sulfonamides is 1. The van der Waals surface area contributed by atoms with Gasteiger partial charge in [-0.15, -0.1) is 0 Å². The van der Waals surface area contributed by atoms with Crippen LogP contribution in [0.5, 0.6) is 17.2 Å². The summed E-state index contributed by atoms with van der Waals surface area (Å²) in [6.45, 7) is 4.49. The molecule has 9 nitrogen and oxygen atoms in total. The van der Waals surface area contributed by atoms with Gasteiger partial charge in [0.1, 0.15) is 22.1 Å². The van der Waals surface area contributed by atoms with Crippen molar-refractivity contribution in [2.45, 2.75) is 25.3 Å². The molecule has 0 saturated heterocycles. The zero-order chi connectivity index (χ0) is 23.8. The first kappa shape index (κ1) is 24.3. The van der Waals surface area contributed by atoms with Gasteiger partial charge in [-0.2, -0.15) is 0 Å². The Morgan fingerprint density at radius 1 is 0.970 bits per heavy atom. The lowest BCUT2D eigenvalue weighted by Crippen LogP contribution is -2.31. The molecule has 0 atom stereocenters. The summed E-state index contributed by atoms with van der Waals surface area (Å²) < 4.78 is 45.5. The fraction of sp³-hybridized carbons (Fsp3) is 0.304. The van der Waals surface area contributed by atoms with Gasteiger partial charge in [-0.25, -0.2) is 18.1 Å². The normalized spacial score (nSPS) is 11.2. The molecule has 0 fully saturated rings. The number of benzene rings is 2. The molecule has 0 aliphatic heterocycles. The Bertz CT molecular complexity index is 1240. The van der Waals surface area contributed by atoms with Gasteiger partial charge in [0.15, 0.2) is 0 Å². The number of aromatic nitrogens is 2. The van der Waals surface area contributed by atoms with Crippen LogP contribution in [0, 0.1) is 0 Å². The van der Waals surface area contributed by atoms with Crippen LogP contribution >= 0.6 is 0 Å². The molecule has 176 valence electrons. The summed E-state index contributed by atoms with van der Waals surface area (Å²) in [5.74, 6) is 1.44. The minimum Gasteiger partial charge on any atom is -0.497 e. The van der Waals surface area contributed by atoms with Crippen molar-refractivity contribution >= 4 is 10.0 Å². The predicted octanol–water partition coefficient (Wildman–Crippen LogP) is 2.69. The minimum absolute atomic E-state index is 0.00454. The Labute approximate surface area is 193 Å². The van der Waals surface area contributed by atoms with Gasteiger partial charge in [0, 0.05) is 30.8 Å². The summed E-state index contributed by atoms with van der Waals surface area (Å²) >= 11 is 0. The second-order valence-electron chi connectivity index (χ2n) is 6.91. The molecule has 1 N–H and O–H groups in total. The smallest absolute Gasteiger partial charge is 0.253 e. The van der Waals surface area contributed by atoms with Crippen LogP contribution in [0.2, 0.25) is 0 Å². The summed E-state index contributed by atoms with van der Waals surface area (Å²) in [4.78, 5) is 16.8. The maximum absolute atomic E-state index is 12.8. The van der Waals surface area contributed by atoms with E-state index in [0.29, 0.717) is 30.4 Å². The Morgan fingerprint density at radius 3 is 2.30 bits per heavy atom. The van der Waals surface area contributed by atoms with Gasteiger partial charge in [-0.1, -0.05) is 0 Å². The Hall–Kier alpha value is -3.37. The fourth-order valence-electron chi connectivity index (χ4n) is 3.13. The topological polar surface area (TPSA) is 109 Å². The number of ether oxygens (including phenoxy) is 3. The monoisotopic (exact) mass is 473 g/mol. The van der Waals surface area contributed by atoms with Gasteiger partial charge in [0.05, 0.1) is 32.3 Å². The zero-order valence-corrected chi connectivity index (χ0v) is 19.6. The van der Waals surface area contributed by atoms with E-state index in [1.165, 1.54) is 23.0 Å². The largest absolute Gasteiger partial charge is 0.497 e. The molecule has 0 unspecified atom stereocenters. The number of rotatable bonds is 11. The van der Waals surface area contributed by atoms with Crippen molar-refractivity contribution in [2.24, 2.45) is 0 Å². The molecule has 3 rings (SSSR count). The highest BCUT2D eigenvalue weighted by Crippen LogP contribution is 2.28. The molecule has 0 aliphatic carbocycles. The van der Waals surface area contributed by atoms with Crippen molar-refractivity contribution in [1.29, 1.82) is 0 Å². The second-order valence-corrected chi connectivity index (χ2v) is 8.64. The van der Waals surface area contributed by atoms with Crippen LogP contribution in [0.3, 0.4) is 0 Å². The molecule has 33 heavy (non-hydrogen) atoms.